The Hall–Kier alpha value is -1.58. The van der Waals surface area contributed by atoms with Gasteiger partial charge >= 0.3 is 0 Å². The van der Waals surface area contributed by atoms with Crippen molar-refractivity contribution in [3.05, 3.63) is 19.0 Å². The predicted octanol–water partition coefficient (Wildman–Crippen LogP) is 0.891. The first-order valence-corrected chi connectivity index (χ1v) is 3.17. The summed E-state index contributed by atoms with van der Waals surface area (Å²) in [5.41, 5.74) is 5.50. The SMILES string of the molecule is C=C/C=N\c1c(N)ncn1C. The number of nitrogens with zero attached hydrogens (tertiary/aromatic N) is 3. The van der Waals surface area contributed by atoms with E-state index in [0.717, 1.165) is 0 Å². The molecule has 0 spiro atoms. The van der Waals surface area contributed by atoms with Gasteiger partial charge in [0.25, 0.3) is 0 Å². The molecule has 0 atom stereocenters. The summed E-state index contributed by atoms with van der Waals surface area (Å²) >= 11 is 0. The molecule has 0 aromatic carbocycles. The normalized spacial score (nSPS) is 10.6. The summed E-state index contributed by atoms with van der Waals surface area (Å²) in [6.07, 6.45) is 4.78. The minimum Gasteiger partial charge on any atom is -0.381 e. The Labute approximate surface area is 65.1 Å². The third-order valence-corrected chi connectivity index (χ3v) is 1.24. The molecule has 1 rings (SSSR count). The fourth-order valence-corrected chi connectivity index (χ4v) is 0.722. The summed E-state index contributed by atoms with van der Waals surface area (Å²) in [6.45, 7) is 3.50. The van der Waals surface area contributed by atoms with E-state index in [2.05, 4.69) is 16.6 Å². The molecule has 4 heteroatoms. The van der Waals surface area contributed by atoms with Crippen LogP contribution in [0.2, 0.25) is 0 Å². The standard InChI is InChI=1S/C7H10N4/c1-3-4-9-7-6(8)10-5-11(7)2/h3-5H,1,8H2,2H3/b9-4-. The molecule has 0 aliphatic heterocycles. The first-order chi connectivity index (χ1) is 5.25. The van der Waals surface area contributed by atoms with Crippen molar-refractivity contribution in [2.75, 3.05) is 5.73 Å². The summed E-state index contributed by atoms with van der Waals surface area (Å²) in [4.78, 5) is 7.88. The molecule has 11 heavy (non-hydrogen) atoms. The van der Waals surface area contributed by atoms with E-state index in [9.17, 15) is 0 Å². The molecule has 2 N–H and O–H groups in total. The Balaban J connectivity index is 3.00. The molecular formula is C7H10N4. The smallest absolute Gasteiger partial charge is 0.176 e. The van der Waals surface area contributed by atoms with Gasteiger partial charge in [-0.3, -0.25) is 0 Å². The molecule has 0 amide bonds. The van der Waals surface area contributed by atoms with E-state index in [1.807, 2.05) is 7.05 Å². The third kappa shape index (κ3) is 1.46. The van der Waals surface area contributed by atoms with Crippen LogP contribution in [-0.2, 0) is 7.05 Å². The Morgan fingerprint density at radius 1 is 1.82 bits per heavy atom. The number of nitrogens with two attached hydrogens (primary N) is 1. The molecule has 0 bridgehead atoms. The van der Waals surface area contributed by atoms with Crippen LogP contribution in [0.25, 0.3) is 0 Å². The average Bonchev–Trinajstić information content (AvgIpc) is 2.29. The second-order valence-electron chi connectivity index (χ2n) is 2.08. The highest BCUT2D eigenvalue weighted by atomic mass is 15.1. The number of allylic oxidation sites excluding steroid dienone is 1. The fraction of sp³-hybridized carbons (Fsp3) is 0.143. The summed E-state index contributed by atoms with van der Waals surface area (Å²) < 4.78 is 1.75. The van der Waals surface area contributed by atoms with Crippen LogP contribution in [0, 0.1) is 0 Å². The van der Waals surface area contributed by atoms with Crippen molar-refractivity contribution in [2.24, 2.45) is 12.0 Å². The maximum Gasteiger partial charge on any atom is 0.176 e. The van der Waals surface area contributed by atoms with Gasteiger partial charge in [-0.2, -0.15) is 0 Å². The van der Waals surface area contributed by atoms with Crippen LogP contribution in [0.4, 0.5) is 11.6 Å². The van der Waals surface area contributed by atoms with Gasteiger partial charge in [0.15, 0.2) is 11.6 Å². The highest BCUT2D eigenvalue weighted by Crippen LogP contribution is 2.17. The Morgan fingerprint density at radius 2 is 2.55 bits per heavy atom. The van der Waals surface area contributed by atoms with E-state index < -0.39 is 0 Å². The second kappa shape index (κ2) is 3.01. The molecule has 0 fully saturated rings. The van der Waals surface area contributed by atoms with Gasteiger partial charge in [-0.25, -0.2) is 9.98 Å². The van der Waals surface area contributed by atoms with Gasteiger partial charge < -0.3 is 10.3 Å². The van der Waals surface area contributed by atoms with Gasteiger partial charge in [0.2, 0.25) is 0 Å². The zero-order chi connectivity index (χ0) is 8.27. The molecule has 0 unspecified atom stereocenters. The Bertz CT molecular complexity index is 265. The number of aromatic nitrogens is 2. The van der Waals surface area contributed by atoms with Crippen LogP contribution in [0.3, 0.4) is 0 Å². The van der Waals surface area contributed by atoms with Gasteiger partial charge in [-0.05, 0) is 0 Å². The van der Waals surface area contributed by atoms with Crippen LogP contribution < -0.4 is 5.73 Å². The second-order valence-corrected chi connectivity index (χ2v) is 2.08. The Morgan fingerprint density at radius 3 is 3.00 bits per heavy atom. The number of nitrogen functional groups attached to an aromatic ring is 1. The van der Waals surface area contributed by atoms with E-state index in [4.69, 9.17) is 5.73 Å². The maximum atomic E-state index is 5.50. The van der Waals surface area contributed by atoms with Gasteiger partial charge in [0, 0.05) is 13.3 Å². The van der Waals surface area contributed by atoms with E-state index in [1.54, 1.807) is 23.2 Å². The molecule has 1 aromatic heterocycles. The van der Waals surface area contributed by atoms with Crippen LogP contribution in [0.1, 0.15) is 0 Å². The lowest BCUT2D eigenvalue weighted by atomic mass is 10.6. The fourth-order valence-electron chi connectivity index (χ4n) is 0.722. The minimum absolute atomic E-state index is 0.436. The van der Waals surface area contributed by atoms with E-state index in [1.165, 1.54) is 0 Å². The molecule has 1 aromatic rings. The van der Waals surface area contributed by atoms with Crippen LogP contribution in [0.5, 0.6) is 0 Å². The molecule has 1 heterocycles. The lowest BCUT2D eigenvalue weighted by Crippen LogP contribution is -1.87. The summed E-state index contributed by atoms with van der Waals surface area (Å²) in [6, 6.07) is 0. The van der Waals surface area contributed by atoms with Crippen molar-refractivity contribution in [2.45, 2.75) is 0 Å². The average molecular weight is 150 g/mol. The molecular weight excluding hydrogens is 140 g/mol. The van der Waals surface area contributed by atoms with Crippen molar-refractivity contribution in [3.8, 4) is 0 Å². The van der Waals surface area contributed by atoms with Gasteiger partial charge in [-0.15, -0.1) is 0 Å². The molecule has 0 radical (unpaired) electrons. The lowest BCUT2D eigenvalue weighted by molar-refractivity contribution is 0.913. The molecule has 0 aliphatic rings. The molecule has 0 aliphatic carbocycles. The Kier molecular flexibility index (Phi) is 2.06. The summed E-state index contributed by atoms with van der Waals surface area (Å²) in [5.74, 6) is 1.09. The van der Waals surface area contributed by atoms with Crippen molar-refractivity contribution < 1.29 is 0 Å². The summed E-state index contributed by atoms with van der Waals surface area (Å²) in [5, 5.41) is 0. The van der Waals surface area contributed by atoms with E-state index >= 15 is 0 Å². The minimum atomic E-state index is 0.436. The number of aryl methyl sites for hydroxylation is 1. The highest BCUT2D eigenvalue weighted by molar-refractivity contribution is 5.75. The monoisotopic (exact) mass is 150 g/mol. The van der Waals surface area contributed by atoms with Crippen LogP contribution >= 0.6 is 0 Å². The molecule has 0 saturated heterocycles. The van der Waals surface area contributed by atoms with Crippen molar-refractivity contribution in [1.29, 1.82) is 0 Å². The summed E-state index contributed by atoms with van der Waals surface area (Å²) in [7, 11) is 1.83. The van der Waals surface area contributed by atoms with Gasteiger partial charge in [0.05, 0.1) is 6.33 Å². The van der Waals surface area contributed by atoms with Crippen molar-refractivity contribution in [3.63, 3.8) is 0 Å². The highest BCUT2D eigenvalue weighted by Gasteiger charge is 2.00. The largest absolute Gasteiger partial charge is 0.381 e. The molecule has 4 nitrogen and oxygen atoms in total. The zero-order valence-electron chi connectivity index (χ0n) is 6.36. The number of hydrogen-bond acceptors (Lipinski definition) is 3. The van der Waals surface area contributed by atoms with Crippen LogP contribution in [-0.4, -0.2) is 15.8 Å². The predicted molar refractivity (Wildman–Crippen MR) is 46.0 cm³/mol. The quantitative estimate of drug-likeness (QED) is 0.636. The van der Waals surface area contributed by atoms with Crippen LogP contribution in [0.15, 0.2) is 24.0 Å². The number of imidazole rings is 1. The number of anilines is 1. The number of hydrogen-bond donors (Lipinski definition) is 1. The van der Waals surface area contributed by atoms with Crippen molar-refractivity contribution >= 4 is 17.9 Å². The number of aliphatic imine (C=N–C) groups is 1. The van der Waals surface area contributed by atoms with E-state index in [0.29, 0.717) is 11.6 Å². The first kappa shape index (κ1) is 7.53. The molecule has 0 saturated carbocycles. The zero-order valence-corrected chi connectivity index (χ0v) is 6.36. The lowest BCUT2D eigenvalue weighted by Gasteiger charge is -1.93. The molecule has 58 valence electrons. The van der Waals surface area contributed by atoms with Gasteiger partial charge in [-0.1, -0.05) is 12.7 Å². The topological polar surface area (TPSA) is 56.2 Å². The van der Waals surface area contributed by atoms with Crippen molar-refractivity contribution in [1.82, 2.24) is 9.55 Å². The maximum absolute atomic E-state index is 5.50. The van der Waals surface area contributed by atoms with E-state index in [-0.39, 0.29) is 0 Å². The van der Waals surface area contributed by atoms with Gasteiger partial charge in [0.1, 0.15) is 0 Å². The number of rotatable bonds is 2. The first-order valence-electron chi connectivity index (χ1n) is 3.17. The third-order valence-electron chi connectivity index (χ3n) is 1.24.